The molecule has 2 aliphatic heterocycles. The maximum Gasteiger partial charge on any atom is 0.282 e. The quantitative estimate of drug-likeness (QED) is 0.766. The molecular weight excluding hydrogens is 256 g/mol. The number of morpholine rings is 1. The van der Waals surface area contributed by atoms with E-state index in [1.54, 1.807) is 0 Å². The van der Waals surface area contributed by atoms with Gasteiger partial charge in [0.05, 0.1) is 19.3 Å². The van der Waals surface area contributed by atoms with Gasteiger partial charge in [-0.3, -0.25) is 0 Å². The maximum atomic E-state index is 12.4. The molecule has 2 rings (SSSR count). The van der Waals surface area contributed by atoms with E-state index in [1.807, 2.05) is 6.92 Å². The second-order valence-electron chi connectivity index (χ2n) is 4.90. The standard InChI is InChI=1S/C11H22N2O4S/c1-2-10-9-13(4-3-11(10)14)18(15,16)12-5-7-17-8-6-12/h10-11,14H,2-9H2,1H3. The number of piperidine rings is 1. The second-order valence-corrected chi connectivity index (χ2v) is 6.83. The van der Waals surface area contributed by atoms with Crippen LogP contribution in [0.5, 0.6) is 0 Å². The van der Waals surface area contributed by atoms with Gasteiger partial charge in [-0.2, -0.15) is 17.0 Å². The van der Waals surface area contributed by atoms with Crippen molar-refractivity contribution in [2.75, 3.05) is 39.4 Å². The molecule has 18 heavy (non-hydrogen) atoms. The first-order valence-corrected chi connectivity index (χ1v) is 7.96. The minimum atomic E-state index is -3.38. The third-order valence-electron chi connectivity index (χ3n) is 3.80. The Morgan fingerprint density at radius 2 is 1.89 bits per heavy atom. The molecule has 2 unspecified atom stereocenters. The van der Waals surface area contributed by atoms with E-state index in [0.29, 0.717) is 45.8 Å². The molecule has 0 radical (unpaired) electrons. The molecule has 0 spiro atoms. The molecule has 0 amide bonds. The Balaban J connectivity index is 2.05. The summed E-state index contributed by atoms with van der Waals surface area (Å²) < 4.78 is 33.0. The second kappa shape index (κ2) is 5.83. The largest absolute Gasteiger partial charge is 0.393 e. The molecule has 0 aromatic rings. The van der Waals surface area contributed by atoms with Crippen molar-refractivity contribution in [3.8, 4) is 0 Å². The monoisotopic (exact) mass is 278 g/mol. The molecule has 2 fully saturated rings. The fraction of sp³-hybridized carbons (Fsp3) is 1.00. The first-order chi connectivity index (χ1) is 8.55. The minimum Gasteiger partial charge on any atom is -0.393 e. The van der Waals surface area contributed by atoms with Crippen LogP contribution in [0, 0.1) is 5.92 Å². The topological polar surface area (TPSA) is 70.1 Å². The molecule has 7 heteroatoms. The van der Waals surface area contributed by atoms with E-state index >= 15 is 0 Å². The van der Waals surface area contributed by atoms with Crippen LogP contribution < -0.4 is 0 Å². The number of ether oxygens (including phenoxy) is 1. The van der Waals surface area contributed by atoms with E-state index < -0.39 is 10.2 Å². The lowest BCUT2D eigenvalue weighted by molar-refractivity contribution is 0.0437. The van der Waals surface area contributed by atoms with Gasteiger partial charge in [-0.05, 0) is 18.8 Å². The van der Waals surface area contributed by atoms with Gasteiger partial charge in [0.2, 0.25) is 0 Å². The van der Waals surface area contributed by atoms with Crippen molar-refractivity contribution < 1.29 is 18.3 Å². The molecular formula is C11H22N2O4S. The van der Waals surface area contributed by atoms with E-state index in [9.17, 15) is 13.5 Å². The Bertz CT molecular complexity index is 367. The zero-order valence-electron chi connectivity index (χ0n) is 10.8. The van der Waals surface area contributed by atoms with Crippen LogP contribution in [0.3, 0.4) is 0 Å². The summed E-state index contributed by atoms with van der Waals surface area (Å²) in [5.74, 6) is 0.0505. The third kappa shape index (κ3) is 2.85. The average Bonchev–Trinajstić information content (AvgIpc) is 2.40. The zero-order valence-corrected chi connectivity index (χ0v) is 11.6. The van der Waals surface area contributed by atoms with Gasteiger partial charge in [0.15, 0.2) is 0 Å². The van der Waals surface area contributed by atoms with Crippen molar-refractivity contribution in [1.29, 1.82) is 0 Å². The van der Waals surface area contributed by atoms with Crippen LogP contribution in [0.15, 0.2) is 0 Å². The first-order valence-electron chi connectivity index (χ1n) is 6.56. The average molecular weight is 278 g/mol. The van der Waals surface area contributed by atoms with Crippen LogP contribution in [0.2, 0.25) is 0 Å². The van der Waals surface area contributed by atoms with Crippen molar-refractivity contribution in [2.24, 2.45) is 5.92 Å². The molecule has 0 aromatic heterocycles. The smallest absolute Gasteiger partial charge is 0.282 e. The summed E-state index contributed by atoms with van der Waals surface area (Å²) in [7, 11) is -3.38. The Kier molecular flexibility index (Phi) is 4.60. The van der Waals surface area contributed by atoms with Crippen molar-refractivity contribution in [3.05, 3.63) is 0 Å². The summed E-state index contributed by atoms with van der Waals surface area (Å²) in [4.78, 5) is 0. The summed E-state index contributed by atoms with van der Waals surface area (Å²) in [6.07, 6.45) is 0.962. The van der Waals surface area contributed by atoms with Gasteiger partial charge in [0, 0.05) is 26.2 Å². The lowest BCUT2D eigenvalue weighted by atomic mass is 9.94. The van der Waals surface area contributed by atoms with E-state index in [0.717, 1.165) is 6.42 Å². The third-order valence-corrected chi connectivity index (χ3v) is 5.81. The Morgan fingerprint density at radius 3 is 2.50 bits per heavy atom. The van der Waals surface area contributed by atoms with Crippen LogP contribution in [-0.4, -0.2) is 67.6 Å². The molecule has 2 heterocycles. The van der Waals surface area contributed by atoms with Crippen molar-refractivity contribution >= 4 is 10.2 Å². The molecule has 0 aliphatic carbocycles. The fourth-order valence-electron chi connectivity index (χ4n) is 2.54. The van der Waals surface area contributed by atoms with Gasteiger partial charge in [-0.25, -0.2) is 0 Å². The number of hydrogen-bond acceptors (Lipinski definition) is 4. The van der Waals surface area contributed by atoms with Crippen molar-refractivity contribution in [3.63, 3.8) is 0 Å². The van der Waals surface area contributed by atoms with E-state index in [4.69, 9.17) is 4.74 Å². The Hall–Kier alpha value is -0.210. The number of nitrogens with zero attached hydrogens (tertiary/aromatic N) is 2. The predicted octanol–water partition coefficient (Wildman–Crippen LogP) is -0.344. The van der Waals surface area contributed by atoms with Gasteiger partial charge in [-0.15, -0.1) is 0 Å². The maximum absolute atomic E-state index is 12.4. The summed E-state index contributed by atoms with van der Waals surface area (Å²) in [6, 6.07) is 0. The number of rotatable bonds is 3. The van der Waals surface area contributed by atoms with Gasteiger partial charge in [-0.1, -0.05) is 6.92 Å². The van der Waals surface area contributed by atoms with E-state index in [1.165, 1.54) is 8.61 Å². The molecule has 1 N–H and O–H groups in total. The lowest BCUT2D eigenvalue weighted by Crippen LogP contribution is -2.53. The van der Waals surface area contributed by atoms with Gasteiger partial charge in [0.25, 0.3) is 10.2 Å². The summed E-state index contributed by atoms with van der Waals surface area (Å²) in [5, 5.41) is 9.81. The minimum absolute atomic E-state index is 0.0505. The molecule has 2 atom stereocenters. The highest BCUT2D eigenvalue weighted by Crippen LogP contribution is 2.24. The molecule has 6 nitrogen and oxygen atoms in total. The molecule has 0 bridgehead atoms. The summed E-state index contributed by atoms with van der Waals surface area (Å²) in [5.41, 5.74) is 0. The zero-order chi connectivity index (χ0) is 13.2. The molecule has 0 aromatic carbocycles. The Labute approximate surface area is 109 Å². The van der Waals surface area contributed by atoms with E-state index in [2.05, 4.69) is 0 Å². The Morgan fingerprint density at radius 1 is 1.22 bits per heavy atom. The van der Waals surface area contributed by atoms with Crippen LogP contribution in [0.4, 0.5) is 0 Å². The lowest BCUT2D eigenvalue weighted by Gasteiger charge is -2.38. The molecule has 0 saturated carbocycles. The van der Waals surface area contributed by atoms with Crippen LogP contribution in [0.25, 0.3) is 0 Å². The van der Waals surface area contributed by atoms with Crippen molar-refractivity contribution in [2.45, 2.75) is 25.9 Å². The summed E-state index contributed by atoms with van der Waals surface area (Å²) >= 11 is 0. The van der Waals surface area contributed by atoms with Gasteiger partial charge in [0.1, 0.15) is 0 Å². The normalized spacial score (nSPS) is 32.6. The number of hydrogen-bond donors (Lipinski definition) is 1. The highest BCUT2D eigenvalue weighted by atomic mass is 32.2. The summed E-state index contributed by atoms with van der Waals surface area (Å²) in [6.45, 7) is 4.61. The number of aliphatic hydroxyl groups excluding tert-OH is 1. The molecule has 106 valence electrons. The molecule has 2 saturated heterocycles. The van der Waals surface area contributed by atoms with Crippen LogP contribution >= 0.6 is 0 Å². The molecule has 2 aliphatic rings. The highest BCUT2D eigenvalue weighted by molar-refractivity contribution is 7.86. The van der Waals surface area contributed by atoms with Crippen LogP contribution in [-0.2, 0) is 14.9 Å². The predicted molar refractivity (Wildman–Crippen MR) is 67.3 cm³/mol. The van der Waals surface area contributed by atoms with E-state index in [-0.39, 0.29) is 12.0 Å². The van der Waals surface area contributed by atoms with Gasteiger partial charge >= 0.3 is 0 Å². The SMILES string of the molecule is CCC1CN(S(=O)(=O)N2CCOCC2)CCC1O. The first kappa shape index (κ1) is 14.2. The van der Waals surface area contributed by atoms with Crippen molar-refractivity contribution in [1.82, 2.24) is 8.61 Å². The van der Waals surface area contributed by atoms with Crippen LogP contribution in [0.1, 0.15) is 19.8 Å². The highest BCUT2D eigenvalue weighted by Gasteiger charge is 2.36. The fourth-order valence-corrected chi connectivity index (χ4v) is 4.19. The number of aliphatic hydroxyl groups is 1. The van der Waals surface area contributed by atoms with Gasteiger partial charge < -0.3 is 9.84 Å².